The zero-order valence-corrected chi connectivity index (χ0v) is 10.2. The lowest BCUT2D eigenvalue weighted by atomic mass is 10.4. The summed E-state index contributed by atoms with van der Waals surface area (Å²) in [5.41, 5.74) is 0. The van der Waals surface area contributed by atoms with Gasteiger partial charge in [0.1, 0.15) is 0 Å². The first-order valence-electron chi connectivity index (χ1n) is 5.08. The summed E-state index contributed by atoms with van der Waals surface area (Å²) in [4.78, 5) is 0. The summed E-state index contributed by atoms with van der Waals surface area (Å²) in [5.74, 6) is 0. The van der Waals surface area contributed by atoms with Crippen LogP contribution in [-0.2, 0) is 4.43 Å². The average Bonchev–Trinajstić information content (AvgIpc) is 2.04. The van der Waals surface area contributed by atoms with E-state index in [1.54, 1.807) is 0 Å². The van der Waals surface area contributed by atoms with Crippen molar-refractivity contribution in [2.75, 3.05) is 19.7 Å². The lowest BCUT2D eigenvalue weighted by Crippen LogP contribution is -2.31. The average molecular weight is 201 g/mol. The topological polar surface area (TPSA) is 21.3 Å². The van der Waals surface area contributed by atoms with E-state index in [1.165, 1.54) is 12.5 Å². The maximum absolute atomic E-state index is 5.73. The zero-order chi connectivity index (χ0) is 10.2. The van der Waals surface area contributed by atoms with E-state index in [-0.39, 0.29) is 0 Å². The molecule has 1 N–H and O–H groups in total. The molecular weight excluding hydrogens is 178 g/mol. The minimum Gasteiger partial charge on any atom is -0.418 e. The molecule has 0 heterocycles. The SMILES string of the molecule is C=CCNCCC[Si](C)(C)OCC. The van der Waals surface area contributed by atoms with Gasteiger partial charge in [-0.1, -0.05) is 6.08 Å². The van der Waals surface area contributed by atoms with Crippen molar-refractivity contribution in [1.82, 2.24) is 5.32 Å². The van der Waals surface area contributed by atoms with Gasteiger partial charge in [0.2, 0.25) is 0 Å². The van der Waals surface area contributed by atoms with Crippen molar-refractivity contribution >= 4 is 8.32 Å². The summed E-state index contributed by atoms with van der Waals surface area (Å²) in [5, 5.41) is 3.30. The quantitative estimate of drug-likeness (QED) is 0.370. The predicted molar refractivity (Wildman–Crippen MR) is 61.6 cm³/mol. The Morgan fingerprint density at radius 2 is 2.15 bits per heavy atom. The lowest BCUT2D eigenvalue weighted by Gasteiger charge is -2.21. The lowest BCUT2D eigenvalue weighted by molar-refractivity contribution is 0.328. The Labute approximate surface area is 83.5 Å². The van der Waals surface area contributed by atoms with Crippen molar-refractivity contribution in [3.63, 3.8) is 0 Å². The van der Waals surface area contributed by atoms with Crippen LogP contribution in [0.3, 0.4) is 0 Å². The van der Waals surface area contributed by atoms with Crippen LogP contribution in [0.2, 0.25) is 19.1 Å². The summed E-state index contributed by atoms with van der Waals surface area (Å²) >= 11 is 0. The Kier molecular flexibility index (Phi) is 7.23. The largest absolute Gasteiger partial charge is 0.418 e. The van der Waals surface area contributed by atoms with Gasteiger partial charge < -0.3 is 9.74 Å². The predicted octanol–water partition coefficient (Wildman–Crippen LogP) is 2.39. The summed E-state index contributed by atoms with van der Waals surface area (Å²) in [6.07, 6.45) is 3.11. The van der Waals surface area contributed by atoms with E-state index in [1.807, 2.05) is 6.08 Å². The van der Waals surface area contributed by atoms with E-state index in [9.17, 15) is 0 Å². The van der Waals surface area contributed by atoms with Crippen molar-refractivity contribution in [2.45, 2.75) is 32.5 Å². The first-order valence-corrected chi connectivity index (χ1v) is 8.19. The van der Waals surface area contributed by atoms with E-state index < -0.39 is 8.32 Å². The molecule has 0 aromatic rings. The maximum Gasteiger partial charge on any atom is 0.186 e. The Hall–Kier alpha value is -0.123. The molecule has 0 atom stereocenters. The molecule has 0 amide bonds. The summed E-state index contributed by atoms with van der Waals surface area (Å²) in [6.45, 7) is 13.1. The van der Waals surface area contributed by atoms with Crippen LogP contribution in [0.15, 0.2) is 12.7 Å². The standard InChI is InChI=1S/C10H23NOSi/c1-5-8-11-9-7-10-13(3,4)12-6-2/h5,11H,1,6-10H2,2-4H3. The van der Waals surface area contributed by atoms with Crippen LogP contribution in [0.25, 0.3) is 0 Å². The third kappa shape index (κ3) is 8.21. The monoisotopic (exact) mass is 201 g/mol. The van der Waals surface area contributed by atoms with Gasteiger partial charge in [-0.15, -0.1) is 6.58 Å². The minimum atomic E-state index is -1.33. The third-order valence-electron chi connectivity index (χ3n) is 1.96. The van der Waals surface area contributed by atoms with Crippen LogP contribution in [0.1, 0.15) is 13.3 Å². The molecule has 0 bridgehead atoms. The highest BCUT2D eigenvalue weighted by Crippen LogP contribution is 2.12. The van der Waals surface area contributed by atoms with Crippen LogP contribution in [0.4, 0.5) is 0 Å². The highest BCUT2D eigenvalue weighted by molar-refractivity contribution is 6.71. The van der Waals surface area contributed by atoms with Crippen molar-refractivity contribution in [3.05, 3.63) is 12.7 Å². The Morgan fingerprint density at radius 1 is 1.46 bits per heavy atom. The molecule has 0 saturated carbocycles. The second-order valence-electron chi connectivity index (χ2n) is 3.79. The van der Waals surface area contributed by atoms with Gasteiger partial charge in [-0.3, -0.25) is 0 Å². The second kappa shape index (κ2) is 7.30. The van der Waals surface area contributed by atoms with Gasteiger partial charge in [0.15, 0.2) is 8.32 Å². The van der Waals surface area contributed by atoms with E-state index in [2.05, 4.69) is 31.9 Å². The Balaban J connectivity index is 3.34. The van der Waals surface area contributed by atoms with Gasteiger partial charge in [-0.05, 0) is 39.0 Å². The molecule has 0 radical (unpaired) electrons. The van der Waals surface area contributed by atoms with Crippen molar-refractivity contribution in [1.29, 1.82) is 0 Å². The number of rotatable bonds is 8. The van der Waals surface area contributed by atoms with Gasteiger partial charge >= 0.3 is 0 Å². The highest BCUT2D eigenvalue weighted by Gasteiger charge is 2.20. The highest BCUT2D eigenvalue weighted by atomic mass is 28.4. The molecule has 0 rings (SSSR count). The normalized spacial score (nSPS) is 11.6. The van der Waals surface area contributed by atoms with Crippen LogP contribution in [-0.4, -0.2) is 28.0 Å². The van der Waals surface area contributed by atoms with Crippen LogP contribution in [0.5, 0.6) is 0 Å². The Bertz CT molecular complexity index is 137. The molecule has 0 aliphatic heterocycles. The van der Waals surface area contributed by atoms with E-state index in [0.717, 1.165) is 19.7 Å². The van der Waals surface area contributed by atoms with Crippen molar-refractivity contribution < 1.29 is 4.43 Å². The first kappa shape index (κ1) is 12.9. The number of nitrogens with one attached hydrogen (secondary N) is 1. The molecule has 0 fully saturated rings. The van der Waals surface area contributed by atoms with Crippen molar-refractivity contribution in [2.24, 2.45) is 0 Å². The molecule has 0 aromatic carbocycles. The van der Waals surface area contributed by atoms with Gasteiger partial charge in [0.05, 0.1) is 0 Å². The molecule has 0 spiro atoms. The molecule has 0 aliphatic rings. The summed E-state index contributed by atoms with van der Waals surface area (Å²) in [6, 6.07) is 1.24. The fraction of sp³-hybridized carbons (Fsp3) is 0.800. The van der Waals surface area contributed by atoms with Crippen LogP contribution >= 0.6 is 0 Å². The molecule has 3 heteroatoms. The minimum absolute atomic E-state index is 0.860. The maximum atomic E-state index is 5.73. The fourth-order valence-electron chi connectivity index (χ4n) is 1.31. The molecule has 0 unspecified atom stereocenters. The van der Waals surface area contributed by atoms with Gasteiger partial charge in [0.25, 0.3) is 0 Å². The van der Waals surface area contributed by atoms with Gasteiger partial charge in [0, 0.05) is 13.2 Å². The van der Waals surface area contributed by atoms with Crippen LogP contribution < -0.4 is 5.32 Å². The number of hydrogen-bond acceptors (Lipinski definition) is 2. The second-order valence-corrected chi connectivity index (χ2v) is 8.10. The van der Waals surface area contributed by atoms with Gasteiger partial charge in [-0.2, -0.15) is 0 Å². The number of hydrogen-bond donors (Lipinski definition) is 1. The first-order chi connectivity index (χ1) is 6.12. The molecule has 78 valence electrons. The summed E-state index contributed by atoms with van der Waals surface area (Å²) < 4.78 is 5.73. The fourth-order valence-corrected chi connectivity index (χ4v) is 3.26. The Morgan fingerprint density at radius 3 is 2.69 bits per heavy atom. The molecular formula is C10H23NOSi. The van der Waals surface area contributed by atoms with Gasteiger partial charge in [-0.25, -0.2) is 0 Å². The van der Waals surface area contributed by atoms with Crippen molar-refractivity contribution in [3.8, 4) is 0 Å². The molecule has 0 aliphatic carbocycles. The third-order valence-corrected chi connectivity index (χ3v) is 4.58. The molecule has 13 heavy (non-hydrogen) atoms. The van der Waals surface area contributed by atoms with E-state index in [0.29, 0.717) is 0 Å². The molecule has 0 aromatic heterocycles. The van der Waals surface area contributed by atoms with Crippen LogP contribution in [0, 0.1) is 0 Å². The summed E-state index contributed by atoms with van der Waals surface area (Å²) in [7, 11) is -1.33. The molecule has 2 nitrogen and oxygen atoms in total. The zero-order valence-electron chi connectivity index (χ0n) is 9.23. The van der Waals surface area contributed by atoms with E-state index >= 15 is 0 Å². The van der Waals surface area contributed by atoms with E-state index in [4.69, 9.17) is 4.43 Å². The smallest absolute Gasteiger partial charge is 0.186 e. The molecule has 0 saturated heterocycles.